The molecule has 1 heterocycles. The molecule has 4 rings (SSSR count). The Bertz CT molecular complexity index is 816. The van der Waals surface area contributed by atoms with Gasteiger partial charge >= 0.3 is 5.97 Å². The molecule has 168 valence electrons. The minimum atomic E-state index is -1.67. The maximum Gasteiger partial charge on any atom is 0.303 e. The highest BCUT2D eigenvalue weighted by Gasteiger charge is 2.71. The van der Waals surface area contributed by atoms with E-state index in [2.05, 4.69) is 0 Å². The van der Waals surface area contributed by atoms with Gasteiger partial charge in [-0.1, -0.05) is 27.7 Å². The molecular weight excluding hydrogens is 388 g/mol. The van der Waals surface area contributed by atoms with Crippen molar-refractivity contribution in [1.29, 1.82) is 0 Å². The molecule has 3 aliphatic carbocycles. The summed E-state index contributed by atoms with van der Waals surface area (Å²) < 4.78 is 11.6. The van der Waals surface area contributed by atoms with Gasteiger partial charge < -0.3 is 24.8 Å². The summed E-state index contributed by atoms with van der Waals surface area (Å²) in [7, 11) is 0. The molecule has 7 heteroatoms. The van der Waals surface area contributed by atoms with E-state index in [-0.39, 0.29) is 29.9 Å². The van der Waals surface area contributed by atoms with Crippen LogP contribution in [0.1, 0.15) is 54.4 Å². The number of hydrogen-bond donors (Lipinski definition) is 3. The summed E-state index contributed by atoms with van der Waals surface area (Å²) in [6.07, 6.45) is -2.81. The van der Waals surface area contributed by atoms with E-state index in [1.165, 1.54) is 6.92 Å². The lowest BCUT2D eigenvalue weighted by Gasteiger charge is -2.65. The summed E-state index contributed by atoms with van der Waals surface area (Å²) in [5.74, 6) is -1.63. The molecule has 2 bridgehead atoms. The number of hydrogen-bond acceptors (Lipinski definition) is 7. The number of carbonyl (C=O) groups excluding carboxylic acids is 2. The first-order chi connectivity index (χ1) is 13.8. The lowest BCUT2D eigenvalue weighted by atomic mass is 9.44. The molecule has 4 aliphatic rings. The van der Waals surface area contributed by atoms with Crippen molar-refractivity contribution in [3.05, 3.63) is 11.1 Å². The second-order valence-electron chi connectivity index (χ2n) is 10.7. The fourth-order valence-corrected chi connectivity index (χ4v) is 6.93. The Hall–Kier alpha value is -1.28. The summed E-state index contributed by atoms with van der Waals surface area (Å²) in [6, 6.07) is 0. The second kappa shape index (κ2) is 6.61. The zero-order valence-electron chi connectivity index (χ0n) is 18.6. The van der Waals surface area contributed by atoms with Crippen LogP contribution in [0.15, 0.2) is 11.1 Å². The predicted molar refractivity (Wildman–Crippen MR) is 107 cm³/mol. The van der Waals surface area contributed by atoms with E-state index in [4.69, 9.17) is 9.47 Å². The first-order valence-electron chi connectivity index (χ1n) is 10.9. The molecule has 2 unspecified atom stereocenters. The van der Waals surface area contributed by atoms with Crippen molar-refractivity contribution < 1.29 is 34.4 Å². The minimum absolute atomic E-state index is 0.0458. The standard InChI is InChI=1S/C23H34O7/c1-10-7-15-13(9-29-15)17-20(30-12(3)24)23(28)8-14(25)11(2)16(21(23,4)5)18(26)19(27)22(10,17)6/h10,13-15,17,19-20,25,27-28H,7-9H2,1-6H3/t10-,13+,14-,15+,17?,19+,20?,22+,23+/m0/s1. The molecule has 3 fully saturated rings. The number of aliphatic hydroxyl groups excluding tert-OH is 2. The van der Waals surface area contributed by atoms with Crippen LogP contribution in [0.3, 0.4) is 0 Å². The van der Waals surface area contributed by atoms with Crippen molar-refractivity contribution >= 4 is 11.8 Å². The van der Waals surface area contributed by atoms with Gasteiger partial charge in [0.15, 0.2) is 5.78 Å². The molecule has 7 nitrogen and oxygen atoms in total. The second-order valence-corrected chi connectivity index (χ2v) is 10.7. The first-order valence-corrected chi connectivity index (χ1v) is 10.9. The largest absolute Gasteiger partial charge is 0.459 e. The number of aliphatic hydroxyl groups is 3. The van der Waals surface area contributed by atoms with Crippen molar-refractivity contribution in [2.45, 2.75) is 84.4 Å². The highest BCUT2D eigenvalue weighted by Crippen LogP contribution is 2.63. The van der Waals surface area contributed by atoms with Crippen LogP contribution in [-0.4, -0.2) is 63.7 Å². The monoisotopic (exact) mass is 422 g/mol. The Morgan fingerprint density at radius 1 is 1.23 bits per heavy atom. The molecule has 0 aromatic heterocycles. The number of rotatable bonds is 1. The first kappa shape index (κ1) is 21.9. The summed E-state index contributed by atoms with van der Waals surface area (Å²) in [5, 5.41) is 34.4. The van der Waals surface area contributed by atoms with Gasteiger partial charge in [0, 0.05) is 41.6 Å². The van der Waals surface area contributed by atoms with Crippen molar-refractivity contribution in [3.63, 3.8) is 0 Å². The summed E-state index contributed by atoms with van der Waals surface area (Å²) in [4.78, 5) is 25.9. The Morgan fingerprint density at radius 2 is 1.87 bits per heavy atom. The number of ketones is 1. The van der Waals surface area contributed by atoms with Gasteiger partial charge in [0.25, 0.3) is 0 Å². The molecule has 30 heavy (non-hydrogen) atoms. The zero-order valence-corrected chi connectivity index (χ0v) is 18.6. The molecule has 0 aromatic rings. The number of ether oxygens (including phenoxy) is 2. The van der Waals surface area contributed by atoms with E-state index >= 15 is 0 Å². The van der Waals surface area contributed by atoms with E-state index in [0.29, 0.717) is 18.6 Å². The van der Waals surface area contributed by atoms with Crippen LogP contribution >= 0.6 is 0 Å². The zero-order chi connectivity index (χ0) is 22.4. The van der Waals surface area contributed by atoms with Gasteiger partial charge in [-0.2, -0.15) is 0 Å². The molecule has 1 saturated heterocycles. The topological polar surface area (TPSA) is 113 Å². The number of fused-ring (bicyclic) bond motifs is 5. The van der Waals surface area contributed by atoms with Crippen LogP contribution < -0.4 is 0 Å². The Morgan fingerprint density at radius 3 is 2.40 bits per heavy atom. The van der Waals surface area contributed by atoms with E-state index in [0.717, 1.165) is 0 Å². The van der Waals surface area contributed by atoms with E-state index in [1.54, 1.807) is 20.8 Å². The fourth-order valence-electron chi connectivity index (χ4n) is 6.93. The summed E-state index contributed by atoms with van der Waals surface area (Å²) in [5.41, 5.74) is -3.01. The lowest BCUT2D eigenvalue weighted by molar-refractivity contribution is -0.286. The number of esters is 1. The van der Waals surface area contributed by atoms with Crippen LogP contribution in [0.5, 0.6) is 0 Å². The van der Waals surface area contributed by atoms with E-state index < -0.39 is 52.4 Å². The summed E-state index contributed by atoms with van der Waals surface area (Å²) >= 11 is 0. The Kier molecular flexibility index (Phi) is 4.83. The Balaban J connectivity index is 2.02. The van der Waals surface area contributed by atoms with Crippen LogP contribution in [-0.2, 0) is 19.1 Å². The fraction of sp³-hybridized carbons (Fsp3) is 0.826. The van der Waals surface area contributed by atoms with Gasteiger partial charge in [-0.3, -0.25) is 9.59 Å². The summed E-state index contributed by atoms with van der Waals surface area (Å²) in [6.45, 7) is 10.7. The highest BCUT2D eigenvalue weighted by molar-refractivity contribution is 6.02. The maximum absolute atomic E-state index is 13.7. The van der Waals surface area contributed by atoms with Crippen LogP contribution in [0.2, 0.25) is 0 Å². The van der Waals surface area contributed by atoms with Crippen molar-refractivity contribution in [1.82, 2.24) is 0 Å². The maximum atomic E-state index is 13.7. The molecule has 3 N–H and O–H groups in total. The molecule has 0 radical (unpaired) electrons. The van der Waals surface area contributed by atoms with Gasteiger partial charge in [0.05, 0.1) is 18.8 Å². The van der Waals surface area contributed by atoms with Gasteiger partial charge in [-0.25, -0.2) is 0 Å². The average molecular weight is 423 g/mol. The van der Waals surface area contributed by atoms with Crippen molar-refractivity contribution in [2.24, 2.45) is 28.6 Å². The molecular formula is C23H34O7. The lowest BCUT2D eigenvalue weighted by Crippen LogP contribution is -2.74. The molecule has 9 atom stereocenters. The van der Waals surface area contributed by atoms with E-state index in [1.807, 2.05) is 13.8 Å². The molecule has 0 amide bonds. The highest BCUT2D eigenvalue weighted by atomic mass is 16.6. The van der Waals surface area contributed by atoms with Gasteiger partial charge in [-0.15, -0.1) is 0 Å². The Labute approximate surface area is 177 Å². The van der Waals surface area contributed by atoms with Gasteiger partial charge in [0.1, 0.15) is 17.8 Å². The van der Waals surface area contributed by atoms with Crippen LogP contribution in [0, 0.1) is 28.6 Å². The third-order valence-electron chi connectivity index (χ3n) is 9.09. The van der Waals surface area contributed by atoms with Gasteiger partial charge in [-0.05, 0) is 24.8 Å². The SMILES string of the molecule is CC(=O)OC1C2[C@@H]3CO[C@@H]3C[C@H](C)[C@@]2(C)[C@H](O)C(=O)C2=C(C)[C@@H](O)C[C@]1(O)C2(C)C. The predicted octanol–water partition coefficient (Wildman–Crippen LogP) is 1.38. The van der Waals surface area contributed by atoms with Crippen molar-refractivity contribution in [2.75, 3.05) is 6.61 Å². The quantitative estimate of drug-likeness (QED) is 0.547. The third kappa shape index (κ3) is 2.52. The van der Waals surface area contributed by atoms with Crippen LogP contribution in [0.4, 0.5) is 0 Å². The average Bonchev–Trinajstić information content (AvgIpc) is 2.62. The normalized spacial score (nSPS) is 49.9. The minimum Gasteiger partial charge on any atom is -0.459 e. The molecule has 1 aliphatic heterocycles. The van der Waals surface area contributed by atoms with Gasteiger partial charge in [0.2, 0.25) is 0 Å². The number of Topliss-reactive ketones (excluding diaryl/α,β-unsaturated/α-hetero) is 1. The van der Waals surface area contributed by atoms with Crippen molar-refractivity contribution in [3.8, 4) is 0 Å². The van der Waals surface area contributed by atoms with E-state index in [9.17, 15) is 24.9 Å². The smallest absolute Gasteiger partial charge is 0.303 e. The molecule has 0 spiro atoms. The number of carbonyl (C=O) groups is 2. The third-order valence-corrected chi connectivity index (χ3v) is 9.09. The van der Waals surface area contributed by atoms with Crippen LogP contribution in [0.25, 0.3) is 0 Å². The molecule has 0 aromatic carbocycles. The molecule has 2 saturated carbocycles.